The topological polar surface area (TPSA) is 26.0 Å². The Hall–Kier alpha value is -0.790. The highest BCUT2D eigenvalue weighted by Crippen LogP contribution is 2.21. The Morgan fingerprint density at radius 3 is 2.36 bits per heavy atom. The van der Waals surface area contributed by atoms with Gasteiger partial charge in [0.25, 0.3) is 0 Å². The van der Waals surface area contributed by atoms with E-state index in [1.165, 1.54) is 5.56 Å². The average molecular weight is 153 g/mol. The third-order valence-electron chi connectivity index (χ3n) is 1.92. The van der Waals surface area contributed by atoms with Gasteiger partial charge in [-0.15, -0.1) is 0 Å². The number of rotatable bonds is 2. The van der Waals surface area contributed by atoms with Gasteiger partial charge in [0, 0.05) is 11.5 Å². The summed E-state index contributed by atoms with van der Waals surface area (Å²) in [7, 11) is 0. The second-order valence-electron chi connectivity index (χ2n) is 3.13. The van der Waals surface area contributed by atoms with Gasteiger partial charge in [-0.05, 0) is 13.3 Å². The maximum Gasteiger partial charge on any atom is 0.142 e. The molecule has 11 heavy (non-hydrogen) atoms. The van der Waals surface area contributed by atoms with E-state index in [-0.39, 0.29) is 0 Å². The standard InChI is InChI=1S/C9H15NO/c1-5-8-7(4)9(6(2)3)11-10-8/h6H,5H2,1-4H3. The fourth-order valence-corrected chi connectivity index (χ4v) is 1.25. The highest BCUT2D eigenvalue weighted by Gasteiger charge is 2.12. The van der Waals surface area contributed by atoms with E-state index < -0.39 is 0 Å². The van der Waals surface area contributed by atoms with E-state index in [0.29, 0.717) is 5.92 Å². The van der Waals surface area contributed by atoms with Gasteiger partial charge in [0.05, 0.1) is 5.69 Å². The fourth-order valence-electron chi connectivity index (χ4n) is 1.25. The molecule has 0 aromatic carbocycles. The molecule has 0 unspecified atom stereocenters. The summed E-state index contributed by atoms with van der Waals surface area (Å²) in [5.74, 6) is 1.48. The Morgan fingerprint density at radius 1 is 1.45 bits per heavy atom. The largest absolute Gasteiger partial charge is 0.361 e. The summed E-state index contributed by atoms with van der Waals surface area (Å²) in [5.41, 5.74) is 2.32. The molecule has 1 rings (SSSR count). The van der Waals surface area contributed by atoms with E-state index in [0.717, 1.165) is 17.9 Å². The zero-order valence-corrected chi connectivity index (χ0v) is 7.64. The maximum atomic E-state index is 5.20. The lowest BCUT2D eigenvalue weighted by molar-refractivity contribution is 0.365. The van der Waals surface area contributed by atoms with E-state index in [1.807, 2.05) is 0 Å². The van der Waals surface area contributed by atoms with Gasteiger partial charge in [-0.25, -0.2) is 0 Å². The molecule has 0 saturated heterocycles. The third kappa shape index (κ3) is 1.44. The van der Waals surface area contributed by atoms with Crippen molar-refractivity contribution in [2.45, 2.75) is 40.0 Å². The first-order valence-electron chi connectivity index (χ1n) is 4.11. The maximum absolute atomic E-state index is 5.20. The molecular formula is C9H15NO. The normalized spacial score (nSPS) is 11.0. The van der Waals surface area contributed by atoms with Crippen LogP contribution in [0.25, 0.3) is 0 Å². The van der Waals surface area contributed by atoms with Crippen LogP contribution in [0.5, 0.6) is 0 Å². The molecule has 1 aromatic heterocycles. The summed E-state index contributed by atoms with van der Waals surface area (Å²) in [6.07, 6.45) is 0.960. The lowest BCUT2D eigenvalue weighted by Crippen LogP contribution is -1.88. The van der Waals surface area contributed by atoms with Gasteiger partial charge in [-0.3, -0.25) is 0 Å². The van der Waals surface area contributed by atoms with Crippen LogP contribution in [0.1, 0.15) is 43.7 Å². The van der Waals surface area contributed by atoms with Gasteiger partial charge in [-0.2, -0.15) is 0 Å². The average Bonchev–Trinajstić information content (AvgIpc) is 2.30. The number of hydrogen-bond acceptors (Lipinski definition) is 2. The fraction of sp³-hybridized carbons (Fsp3) is 0.667. The monoisotopic (exact) mass is 153 g/mol. The Labute approximate surface area is 67.6 Å². The number of hydrogen-bond donors (Lipinski definition) is 0. The van der Waals surface area contributed by atoms with Crippen molar-refractivity contribution < 1.29 is 4.52 Å². The molecule has 2 heteroatoms. The molecule has 0 amide bonds. The van der Waals surface area contributed by atoms with Crippen LogP contribution >= 0.6 is 0 Å². The SMILES string of the molecule is CCc1noc(C(C)C)c1C. The van der Waals surface area contributed by atoms with E-state index in [4.69, 9.17) is 4.52 Å². The minimum Gasteiger partial charge on any atom is -0.361 e. The summed E-state index contributed by atoms with van der Waals surface area (Å²) in [5, 5.41) is 3.98. The molecule has 0 N–H and O–H groups in total. The lowest BCUT2D eigenvalue weighted by Gasteiger charge is -1.98. The van der Waals surface area contributed by atoms with Crippen molar-refractivity contribution in [2.24, 2.45) is 0 Å². The molecule has 0 aliphatic carbocycles. The summed E-state index contributed by atoms with van der Waals surface area (Å²) >= 11 is 0. The first-order chi connectivity index (χ1) is 5.16. The van der Waals surface area contributed by atoms with Crippen molar-refractivity contribution in [3.63, 3.8) is 0 Å². The van der Waals surface area contributed by atoms with Crippen LogP contribution in [0.3, 0.4) is 0 Å². The Bertz CT molecular complexity index is 238. The van der Waals surface area contributed by atoms with Gasteiger partial charge in [0.15, 0.2) is 0 Å². The lowest BCUT2D eigenvalue weighted by atomic mass is 10.1. The molecule has 0 fully saturated rings. The number of aryl methyl sites for hydroxylation is 1. The first kappa shape index (κ1) is 8.31. The molecule has 2 nitrogen and oxygen atoms in total. The van der Waals surface area contributed by atoms with Crippen molar-refractivity contribution in [1.82, 2.24) is 5.16 Å². The second kappa shape index (κ2) is 3.07. The number of aromatic nitrogens is 1. The van der Waals surface area contributed by atoms with Crippen LogP contribution in [-0.4, -0.2) is 5.16 Å². The van der Waals surface area contributed by atoms with E-state index in [2.05, 4.69) is 32.9 Å². The van der Waals surface area contributed by atoms with Crippen LogP contribution in [0.15, 0.2) is 4.52 Å². The van der Waals surface area contributed by atoms with Gasteiger partial charge in [-0.1, -0.05) is 25.9 Å². The quantitative estimate of drug-likeness (QED) is 0.652. The van der Waals surface area contributed by atoms with Crippen LogP contribution in [-0.2, 0) is 6.42 Å². The van der Waals surface area contributed by atoms with Crippen LogP contribution < -0.4 is 0 Å². The Kier molecular flexibility index (Phi) is 2.32. The molecule has 62 valence electrons. The van der Waals surface area contributed by atoms with Crippen molar-refractivity contribution >= 4 is 0 Å². The van der Waals surface area contributed by atoms with Gasteiger partial charge in [0.2, 0.25) is 0 Å². The van der Waals surface area contributed by atoms with Crippen LogP contribution in [0.2, 0.25) is 0 Å². The summed E-state index contributed by atoms with van der Waals surface area (Å²) < 4.78 is 5.20. The third-order valence-corrected chi connectivity index (χ3v) is 1.92. The zero-order valence-electron chi connectivity index (χ0n) is 7.64. The predicted octanol–water partition coefficient (Wildman–Crippen LogP) is 2.67. The first-order valence-corrected chi connectivity index (χ1v) is 4.11. The smallest absolute Gasteiger partial charge is 0.142 e. The van der Waals surface area contributed by atoms with E-state index in [1.54, 1.807) is 0 Å². The second-order valence-corrected chi connectivity index (χ2v) is 3.13. The molecule has 0 aliphatic heterocycles. The predicted molar refractivity (Wildman–Crippen MR) is 44.7 cm³/mol. The van der Waals surface area contributed by atoms with Crippen molar-refractivity contribution in [3.05, 3.63) is 17.0 Å². The van der Waals surface area contributed by atoms with Gasteiger partial charge < -0.3 is 4.52 Å². The molecule has 0 saturated carbocycles. The molecule has 0 atom stereocenters. The highest BCUT2D eigenvalue weighted by molar-refractivity contribution is 5.22. The highest BCUT2D eigenvalue weighted by atomic mass is 16.5. The zero-order chi connectivity index (χ0) is 8.43. The van der Waals surface area contributed by atoms with Crippen molar-refractivity contribution in [3.8, 4) is 0 Å². The minimum absolute atomic E-state index is 0.447. The molecule has 0 spiro atoms. The minimum atomic E-state index is 0.447. The van der Waals surface area contributed by atoms with Crippen molar-refractivity contribution in [2.75, 3.05) is 0 Å². The van der Waals surface area contributed by atoms with Crippen molar-refractivity contribution in [1.29, 1.82) is 0 Å². The molecular weight excluding hydrogens is 138 g/mol. The number of nitrogens with zero attached hydrogens (tertiary/aromatic N) is 1. The summed E-state index contributed by atoms with van der Waals surface area (Å²) in [6.45, 7) is 8.40. The molecule has 0 radical (unpaired) electrons. The van der Waals surface area contributed by atoms with Gasteiger partial charge >= 0.3 is 0 Å². The van der Waals surface area contributed by atoms with E-state index >= 15 is 0 Å². The molecule has 1 heterocycles. The Morgan fingerprint density at radius 2 is 2.09 bits per heavy atom. The summed E-state index contributed by atoms with van der Waals surface area (Å²) in [4.78, 5) is 0. The molecule has 0 bridgehead atoms. The van der Waals surface area contributed by atoms with Crippen LogP contribution in [0.4, 0.5) is 0 Å². The van der Waals surface area contributed by atoms with E-state index in [9.17, 15) is 0 Å². The summed E-state index contributed by atoms with van der Waals surface area (Å²) in [6, 6.07) is 0. The van der Waals surface area contributed by atoms with Crippen LogP contribution in [0, 0.1) is 6.92 Å². The molecule has 0 aliphatic rings. The van der Waals surface area contributed by atoms with Gasteiger partial charge in [0.1, 0.15) is 5.76 Å². The Balaban J connectivity index is 3.00. The molecule has 1 aromatic rings.